The normalized spacial score (nSPS) is 10.6. The van der Waals surface area contributed by atoms with Gasteiger partial charge in [-0.05, 0) is 55.0 Å². The molecule has 0 saturated carbocycles. The van der Waals surface area contributed by atoms with Crippen molar-refractivity contribution in [3.8, 4) is 23.4 Å². The first-order valence-electron chi connectivity index (χ1n) is 14.6. The summed E-state index contributed by atoms with van der Waals surface area (Å²) in [5.41, 5.74) is 2.32. The Morgan fingerprint density at radius 1 is 1.02 bits per heavy atom. The van der Waals surface area contributed by atoms with E-state index in [1.54, 1.807) is 24.7 Å². The maximum Gasteiger partial charge on any atom is 0.337 e. The van der Waals surface area contributed by atoms with Crippen LogP contribution in [0.5, 0.6) is 17.4 Å². The van der Waals surface area contributed by atoms with Crippen molar-refractivity contribution < 1.29 is 32.6 Å². The predicted octanol–water partition coefficient (Wildman–Crippen LogP) is 5.79. The lowest BCUT2D eigenvalue weighted by molar-refractivity contribution is -0.115. The molecule has 3 aromatic carbocycles. The number of carbonyl (C=O) groups is 2. The monoisotopic (exact) mass is 653 g/mol. The van der Waals surface area contributed by atoms with E-state index in [1.807, 2.05) is 17.6 Å². The summed E-state index contributed by atoms with van der Waals surface area (Å²) in [7, 11) is 1.28. The molecule has 5 rings (SSSR count). The third-order valence-electron chi connectivity index (χ3n) is 7.01. The Morgan fingerprint density at radius 2 is 1.88 bits per heavy atom. The topological polar surface area (TPSA) is 153 Å². The number of anilines is 2. The van der Waals surface area contributed by atoms with Gasteiger partial charge in [-0.3, -0.25) is 4.79 Å². The van der Waals surface area contributed by atoms with Crippen LogP contribution in [0.1, 0.15) is 39.9 Å². The first kappa shape index (κ1) is 33.0. The van der Waals surface area contributed by atoms with Crippen LogP contribution in [0.3, 0.4) is 0 Å². The molecule has 0 unspecified atom stereocenters. The molecule has 0 bridgehead atoms. The molecule has 0 saturated heterocycles. The summed E-state index contributed by atoms with van der Waals surface area (Å²) in [4.78, 5) is 37.6. The molecule has 244 valence electrons. The zero-order valence-corrected chi connectivity index (χ0v) is 25.9. The van der Waals surface area contributed by atoms with E-state index in [9.17, 15) is 14.0 Å². The Hall–Kier alpha value is -6.36. The predicted molar refractivity (Wildman–Crippen MR) is 169 cm³/mol. The number of aryl methyl sites for hydroxylation is 1. The summed E-state index contributed by atoms with van der Waals surface area (Å²) in [6, 6.07) is 15.8. The minimum absolute atomic E-state index is 0.0727. The second-order valence-electron chi connectivity index (χ2n) is 10.2. The lowest BCUT2D eigenvalue weighted by atomic mass is 10.1. The van der Waals surface area contributed by atoms with Gasteiger partial charge >= 0.3 is 5.97 Å². The number of rotatable bonds is 13. The number of benzene rings is 3. The zero-order chi connectivity index (χ0) is 34.0. The molecular weight excluding hydrogens is 624 g/mol. The van der Waals surface area contributed by atoms with E-state index in [0.717, 1.165) is 24.4 Å². The number of aromatic nitrogens is 4. The number of carbonyl (C=O) groups excluding carboxylic acids is 2. The summed E-state index contributed by atoms with van der Waals surface area (Å²) in [5.74, 6) is -2.09. The number of imidazole rings is 1. The average molecular weight is 654 g/mol. The average Bonchev–Trinajstić information content (AvgIpc) is 3.56. The zero-order valence-electron chi connectivity index (χ0n) is 25.9. The van der Waals surface area contributed by atoms with Gasteiger partial charge in [-0.15, -0.1) is 0 Å². The van der Waals surface area contributed by atoms with Gasteiger partial charge in [0.2, 0.25) is 11.8 Å². The van der Waals surface area contributed by atoms with Crippen LogP contribution in [-0.4, -0.2) is 38.5 Å². The maximum absolute atomic E-state index is 15.1. The summed E-state index contributed by atoms with van der Waals surface area (Å²) in [6.45, 7) is 2.89. The molecule has 0 atom stereocenters. The Morgan fingerprint density at radius 3 is 2.62 bits per heavy atom. The van der Waals surface area contributed by atoms with Gasteiger partial charge in [0.15, 0.2) is 17.4 Å². The number of amides is 1. The minimum atomic E-state index is -0.699. The molecule has 14 heteroatoms. The van der Waals surface area contributed by atoms with E-state index in [2.05, 4.69) is 25.6 Å². The number of nitrogens with one attached hydrogen (secondary N) is 2. The molecule has 0 spiro atoms. The molecule has 1 amide bonds. The van der Waals surface area contributed by atoms with E-state index in [-0.39, 0.29) is 52.9 Å². The number of nitrogens with zero attached hydrogens (tertiary/aromatic N) is 5. The fourth-order valence-electron chi connectivity index (χ4n) is 4.57. The quantitative estimate of drug-likeness (QED) is 0.149. The van der Waals surface area contributed by atoms with Crippen molar-refractivity contribution in [1.29, 1.82) is 5.26 Å². The van der Waals surface area contributed by atoms with Gasteiger partial charge in [-0.2, -0.15) is 10.2 Å². The molecule has 0 fully saturated rings. The first-order chi connectivity index (χ1) is 23.3. The van der Waals surface area contributed by atoms with Crippen LogP contribution in [0, 0.1) is 23.0 Å². The second-order valence-corrected chi connectivity index (χ2v) is 10.2. The van der Waals surface area contributed by atoms with Crippen LogP contribution in [0.25, 0.3) is 0 Å². The Bertz CT molecular complexity index is 1990. The van der Waals surface area contributed by atoms with Gasteiger partial charge < -0.3 is 29.4 Å². The minimum Gasteiger partial charge on any atom is -0.483 e. The molecule has 48 heavy (non-hydrogen) atoms. The van der Waals surface area contributed by atoms with Gasteiger partial charge in [0.1, 0.15) is 18.2 Å². The number of hydrogen-bond donors (Lipinski definition) is 2. The number of ether oxygens (including phenoxy) is 3. The molecule has 2 heterocycles. The van der Waals surface area contributed by atoms with Crippen molar-refractivity contribution >= 4 is 23.3 Å². The third kappa shape index (κ3) is 8.26. The lowest BCUT2D eigenvalue weighted by Crippen LogP contribution is -2.17. The van der Waals surface area contributed by atoms with E-state index in [1.165, 1.54) is 49.7 Å². The summed E-state index contributed by atoms with van der Waals surface area (Å²) < 4.78 is 47.1. The molecule has 0 aliphatic heterocycles. The highest BCUT2D eigenvalue weighted by molar-refractivity contribution is 5.98. The lowest BCUT2D eigenvalue weighted by Gasteiger charge is -2.15. The molecule has 0 aliphatic carbocycles. The molecule has 12 nitrogen and oxygen atoms in total. The number of nitriles is 1. The molecule has 0 aliphatic rings. The molecule has 5 aromatic rings. The van der Waals surface area contributed by atoms with Crippen LogP contribution in [0.15, 0.2) is 79.4 Å². The van der Waals surface area contributed by atoms with Crippen molar-refractivity contribution in [3.05, 3.63) is 119 Å². The number of halogens is 2. The van der Waals surface area contributed by atoms with Crippen molar-refractivity contribution in [2.75, 3.05) is 17.7 Å². The summed E-state index contributed by atoms with van der Waals surface area (Å²) in [5, 5.41) is 14.9. The Balaban J connectivity index is 1.22. The van der Waals surface area contributed by atoms with Crippen LogP contribution in [0.4, 0.5) is 20.2 Å². The number of esters is 1. The van der Waals surface area contributed by atoms with Crippen LogP contribution >= 0.6 is 0 Å². The van der Waals surface area contributed by atoms with Crippen molar-refractivity contribution in [2.24, 2.45) is 0 Å². The van der Waals surface area contributed by atoms with Gasteiger partial charge in [-0.1, -0.05) is 6.07 Å². The van der Waals surface area contributed by atoms with Crippen molar-refractivity contribution in [1.82, 2.24) is 19.5 Å². The van der Waals surface area contributed by atoms with E-state index < -0.39 is 23.5 Å². The fraction of sp³-hybridized carbons (Fsp3) is 0.176. The van der Waals surface area contributed by atoms with Crippen molar-refractivity contribution in [2.45, 2.75) is 33.0 Å². The highest BCUT2D eigenvalue weighted by atomic mass is 19.1. The largest absolute Gasteiger partial charge is 0.483 e. The molecular formula is C34H29F2N7O5. The molecule has 2 aromatic heterocycles. The van der Waals surface area contributed by atoms with Crippen LogP contribution < -0.4 is 20.1 Å². The molecule has 2 N–H and O–H groups in total. The Kier molecular flexibility index (Phi) is 10.5. The first-order valence-corrected chi connectivity index (χ1v) is 14.6. The third-order valence-corrected chi connectivity index (χ3v) is 7.01. The van der Waals surface area contributed by atoms with Crippen molar-refractivity contribution in [3.63, 3.8) is 0 Å². The van der Waals surface area contributed by atoms with Gasteiger partial charge in [0.25, 0.3) is 0 Å². The van der Waals surface area contributed by atoms with Gasteiger partial charge in [-0.25, -0.2) is 23.5 Å². The highest BCUT2D eigenvalue weighted by Gasteiger charge is 2.16. The summed E-state index contributed by atoms with van der Waals surface area (Å²) >= 11 is 0. The van der Waals surface area contributed by atoms with Crippen LogP contribution in [-0.2, 0) is 35.6 Å². The Labute approximate surface area is 274 Å². The van der Waals surface area contributed by atoms with E-state index >= 15 is 4.39 Å². The van der Waals surface area contributed by atoms with E-state index in [4.69, 9.17) is 19.5 Å². The van der Waals surface area contributed by atoms with E-state index in [0.29, 0.717) is 17.9 Å². The summed E-state index contributed by atoms with van der Waals surface area (Å²) in [6.07, 6.45) is 4.55. The van der Waals surface area contributed by atoms with Gasteiger partial charge in [0, 0.05) is 31.1 Å². The number of methoxy groups -OCH3 is 1. The standard InChI is InChI=1S/C34H29F2N7O5/c1-3-43-20-38-17-24(43)18-40-29-13-23(34(45)46-2)6-8-28(29)41-32(44)14-22-5-7-25(15-26(22)35)48-33-10-11-39-31(42-33)19-47-30-9-4-21(16-37)12-27(30)36/h4-13,15,17,20,40H,3,14,18-19H2,1-2H3,(H,41,44). The smallest absolute Gasteiger partial charge is 0.337 e. The van der Waals surface area contributed by atoms with Gasteiger partial charge in [0.05, 0.1) is 60.7 Å². The SMILES string of the molecule is CCn1cncc1CNc1cc(C(=O)OC)ccc1NC(=O)Cc1ccc(Oc2ccnc(COc3ccc(C#N)cc3F)n2)cc1F. The maximum atomic E-state index is 15.1. The second kappa shape index (κ2) is 15.3. The molecule has 0 radical (unpaired) electrons. The highest BCUT2D eigenvalue weighted by Crippen LogP contribution is 2.27. The fourth-order valence-corrected chi connectivity index (χ4v) is 4.57. The van der Waals surface area contributed by atoms with Crippen LogP contribution in [0.2, 0.25) is 0 Å². The number of hydrogen-bond acceptors (Lipinski definition) is 10.